The summed E-state index contributed by atoms with van der Waals surface area (Å²) in [6.07, 6.45) is 1.76. The molecule has 0 radical (unpaired) electrons. The van der Waals surface area contributed by atoms with Crippen LogP contribution in [-0.4, -0.2) is 54.6 Å². The number of ether oxygens (including phenoxy) is 2. The summed E-state index contributed by atoms with van der Waals surface area (Å²) in [5.74, 6) is -2.28. The molecule has 0 unspecified atom stereocenters. The molecule has 6 aromatic rings. The minimum atomic E-state index is -1.58. The van der Waals surface area contributed by atoms with E-state index in [1.807, 2.05) is 24.3 Å². The SMILES string of the molecule is COc1cc2nc(CCn3c(=O)n4n(c3=O)[C@@H]3C[C@H]5C(=O)N(c6cccc(Cl)c6)C(=O)[C@@]5(c5ccccc5)[C@@H](c5cc(Br)ccc5O)C3=CC4)c(=O)n(C)c2cc1OC. The van der Waals surface area contributed by atoms with Crippen LogP contribution in [0.3, 0.4) is 0 Å². The lowest BCUT2D eigenvalue weighted by molar-refractivity contribution is -0.124. The molecule has 0 bridgehead atoms. The zero-order valence-corrected chi connectivity index (χ0v) is 34.3. The molecule has 1 aliphatic carbocycles. The molecule has 4 heterocycles. The summed E-state index contributed by atoms with van der Waals surface area (Å²) < 4.78 is 16.7. The molecule has 9 rings (SSSR count). The van der Waals surface area contributed by atoms with Crippen molar-refractivity contribution in [2.45, 2.75) is 43.3 Å². The number of anilines is 1. The third-order valence-corrected chi connectivity index (χ3v) is 12.8. The van der Waals surface area contributed by atoms with Crippen molar-refractivity contribution in [1.29, 1.82) is 0 Å². The predicted octanol–water partition coefficient (Wildman–Crippen LogP) is 5.24. The van der Waals surface area contributed by atoms with Crippen LogP contribution in [0.2, 0.25) is 5.02 Å². The normalized spacial score (nSPS) is 20.9. The number of aromatic nitrogens is 5. The van der Waals surface area contributed by atoms with Gasteiger partial charge in [-0.3, -0.25) is 14.4 Å². The van der Waals surface area contributed by atoms with Crippen LogP contribution in [0.4, 0.5) is 5.69 Å². The average molecular weight is 880 g/mol. The number of imide groups is 1. The van der Waals surface area contributed by atoms with Gasteiger partial charge < -0.3 is 19.1 Å². The molecule has 4 atom stereocenters. The average Bonchev–Trinajstić information content (AvgIpc) is 3.62. The molecule has 14 nitrogen and oxygen atoms in total. The Morgan fingerprint density at radius 3 is 2.39 bits per heavy atom. The van der Waals surface area contributed by atoms with Crippen LogP contribution in [0.25, 0.3) is 11.0 Å². The van der Waals surface area contributed by atoms with Crippen LogP contribution >= 0.6 is 27.5 Å². The number of phenolic OH excluding ortho intramolecular Hbond substituents is 1. The second-order valence-electron chi connectivity index (χ2n) is 14.9. The standard InChI is InChI=1S/C43H36BrClN6O8/c1-47-33-22-36(59-3)35(58-2)21-31(33)46-30(39(47)54)15-16-48-41(56)49-17-14-27-32(51(49)42(48)57)20-29-38(53)50(26-11-7-10-25(45)19-26)40(55)43(29,23-8-5-4-6-9-23)37(27)28-18-24(44)12-13-34(28)52/h4-14,18-19,21-22,29,32,37,52H,15-17,20H2,1-3H3/t29-,32+,37+,43+/m0/s1. The van der Waals surface area contributed by atoms with E-state index in [1.165, 1.54) is 34.2 Å². The van der Waals surface area contributed by atoms with Gasteiger partial charge in [0, 0.05) is 53.1 Å². The Morgan fingerprint density at radius 2 is 1.66 bits per heavy atom. The van der Waals surface area contributed by atoms with E-state index >= 15 is 4.79 Å². The minimum absolute atomic E-state index is 0.0188. The fourth-order valence-electron chi connectivity index (χ4n) is 9.44. The number of methoxy groups -OCH3 is 2. The molecule has 2 fully saturated rings. The summed E-state index contributed by atoms with van der Waals surface area (Å²) in [4.78, 5) is 78.4. The highest BCUT2D eigenvalue weighted by Gasteiger charge is 2.69. The van der Waals surface area contributed by atoms with Crippen molar-refractivity contribution in [1.82, 2.24) is 23.5 Å². The number of rotatable bonds is 8. The summed E-state index contributed by atoms with van der Waals surface area (Å²) in [5.41, 5.74) is -0.313. The number of phenols is 1. The first-order valence-corrected chi connectivity index (χ1v) is 20.0. The molecule has 0 spiro atoms. The number of halogens is 2. The Bertz CT molecular complexity index is 2970. The number of allylic oxidation sites excluding steroid dienone is 2. The van der Waals surface area contributed by atoms with Gasteiger partial charge in [0.1, 0.15) is 11.4 Å². The summed E-state index contributed by atoms with van der Waals surface area (Å²) in [6, 6.07) is 22.9. The van der Waals surface area contributed by atoms with E-state index in [2.05, 4.69) is 20.9 Å². The Hall–Kier alpha value is -6.19. The molecule has 1 N–H and O–H groups in total. The Morgan fingerprint density at radius 1 is 0.915 bits per heavy atom. The van der Waals surface area contributed by atoms with Crippen molar-refractivity contribution in [3.63, 3.8) is 0 Å². The van der Waals surface area contributed by atoms with Crippen LogP contribution in [0.15, 0.2) is 115 Å². The highest BCUT2D eigenvalue weighted by molar-refractivity contribution is 9.10. The van der Waals surface area contributed by atoms with Crippen LogP contribution in [0.5, 0.6) is 17.2 Å². The summed E-state index contributed by atoms with van der Waals surface area (Å²) >= 11 is 9.96. The topological polar surface area (TPSA) is 160 Å². The monoisotopic (exact) mass is 878 g/mol. The Kier molecular flexibility index (Phi) is 9.27. The van der Waals surface area contributed by atoms with Gasteiger partial charge in [0.15, 0.2) is 11.5 Å². The number of amides is 2. The van der Waals surface area contributed by atoms with Crippen LogP contribution in [0, 0.1) is 5.92 Å². The lowest BCUT2D eigenvalue weighted by Crippen LogP contribution is -2.53. The lowest BCUT2D eigenvalue weighted by atomic mass is 9.53. The van der Waals surface area contributed by atoms with Gasteiger partial charge in [0.2, 0.25) is 11.8 Å². The summed E-state index contributed by atoms with van der Waals surface area (Å²) in [6.45, 7) is -0.202. The number of fused-ring (bicyclic) bond motifs is 5. The van der Waals surface area contributed by atoms with E-state index in [0.29, 0.717) is 48.7 Å². The van der Waals surface area contributed by atoms with E-state index in [-0.39, 0.29) is 43.1 Å². The lowest BCUT2D eigenvalue weighted by Gasteiger charge is -2.49. The molecule has 59 heavy (non-hydrogen) atoms. The molecular weight excluding hydrogens is 844 g/mol. The zero-order valence-electron chi connectivity index (χ0n) is 32.0. The first kappa shape index (κ1) is 38.3. The van der Waals surface area contributed by atoms with Gasteiger partial charge >= 0.3 is 11.4 Å². The van der Waals surface area contributed by atoms with E-state index in [4.69, 9.17) is 21.1 Å². The maximum Gasteiger partial charge on any atom is 0.347 e. The van der Waals surface area contributed by atoms with Crippen LogP contribution in [-0.2, 0) is 41.6 Å². The minimum Gasteiger partial charge on any atom is -0.508 e. The summed E-state index contributed by atoms with van der Waals surface area (Å²) in [7, 11) is 4.59. The first-order chi connectivity index (χ1) is 28.4. The van der Waals surface area contributed by atoms with Gasteiger partial charge in [-0.15, -0.1) is 0 Å². The van der Waals surface area contributed by atoms with E-state index < -0.39 is 52.0 Å². The first-order valence-electron chi connectivity index (χ1n) is 18.8. The van der Waals surface area contributed by atoms with Gasteiger partial charge in [-0.25, -0.2) is 33.4 Å². The Balaban J connectivity index is 1.19. The zero-order chi connectivity index (χ0) is 41.5. The number of benzene rings is 4. The third kappa shape index (κ3) is 5.65. The maximum absolute atomic E-state index is 15.4. The molecule has 4 aromatic carbocycles. The van der Waals surface area contributed by atoms with Crippen molar-refractivity contribution in [2.75, 3.05) is 19.1 Å². The number of nitrogens with zero attached hydrogens (tertiary/aromatic N) is 6. The van der Waals surface area contributed by atoms with E-state index in [9.17, 15) is 24.3 Å². The number of hydrogen-bond donors (Lipinski definition) is 1. The highest BCUT2D eigenvalue weighted by atomic mass is 79.9. The molecule has 1 saturated carbocycles. The van der Waals surface area contributed by atoms with Gasteiger partial charge in [0.05, 0.1) is 54.9 Å². The molecule has 2 amide bonds. The van der Waals surface area contributed by atoms with Gasteiger partial charge in [-0.05, 0) is 54.0 Å². The fraction of sp³-hybridized carbons (Fsp3) is 0.256. The Labute approximate surface area is 349 Å². The summed E-state index contributed by atoms with van der Waals surface area (Å²) in [5, 5.41) is 12.0. The second-order valence-corrected chi connectivity index (χ2v) is 16.2. The number of aryl methyl sites for hydroxylation is 2. The smallest absolute Gasteiger partial charge is 0.347 e. The van der Waals surface area contributed by atoms with Crippen molar-refractivity contribution in [3.05, 3.63) is 154 Å². The van der Waals surface area contributed by atoms with Crippen molar-refractivity contribution >= 4 is 56.1 Å². The molecule has 2 aliphatic heterocycles. The second kappa shape index (κ2) is 14.3. The quantitative estimate of drug-likeness (QED) is 0.160. The van der Waals surface area contributed by atoms with E-state index in [0.717, 1.165) is 9.47 Å². The number of hydrogen-bond acceptors (Lipinski definition) is 9. The number of aromatic hydroxyl groups is 1. The molecule has 3 aliphatic rings. The number of carbonyl (C=O) groups excluding carboxylic acids is 2. The van der Waals surface area contributed by atoms with Gasteiger partial charge in [0.25, 0.3) is 5.56 Å². The van der Waals surface area contributed by atoms with Crippen LogP contribution in [0.1, 0.15) is 35.2 Å². The molecule has 300 valence electrons. The third-order valence-electron chi connectivity index (χ3n) is 12.0. The molecule has 1 saturated heterocycles. The molecular formula is C43H36BrClN6O8. The maximum atomic E-state index is 15.4. The largest absolute Gasteiger partial charge is 0.508 e. The van der Waals surface area contributed by atoms with Gasteiger partial charge in [-0.1, -0.05) is 70.0 Å². The van der Waals surface area contributed by atoms with Crippen molar-refractivity contribution in [3.8, 4) is 17.2 Å². The van der Waals surface area contributed by atoms with Crippen molar-refractivity contribution in [2.24, 2.45) is 13.0 Å². The predicted molar refractivity (Wildman–Crippen MR) is 223 cm³/mol. The fourth-order valence-corrected chi connectivity index (χ4v) is 10.00. The van der Waals surface area contributed by atoms with Gasteiger partial charge in [-0.2, -0.15) is 0 Å². The molecule has 2 aromatic heterocycles. The van der Waals surface area contributed by atoms with E-state index in [1.54, 1.807) is 67.7 Å². The molecule has 16 heteroatoms. The number of carbonyl (C=O) groups is 2. The van der Waals surface area contributed by atoms with Crippen molar-refractivity contribution < 1.29 is 24.2 Å². The van der Waals surface area contributed by atoms with Crippen LogP contribution < -0.4 is 31.3 Å². The highest BCUT2D eigenvalue weighted by Crippen LogP contribution is 2.63.